The lowest BCUT2D eigenvalue weighted by Gasteiger charge is -2.22. The molecular weight excluding hydrogens is 192 g/mol. The molecule has 0 radical (unpaired) electrons. The molecule has 1 amide bonds. The monoisotopic (exact) mass is 204 g/mol. The molecule has 0 aliphatic carbocycles. The van der Waals surface area contributed by atoms with Gasteiger partial charge in [0.05, 0.1) is 7.11 Å². The molecule has 0 aromatic heterocycles. The summed E-state index contributed by atoms with van der Waals surface area (Å²) in [5.41, 5.74) is -1.61. The Morgan fingerprint density at radius 3 is 2.36 bits per heavy atom. The second-order valence-electron chi connectivity index (χ2n) is 3.00. The fourth-order valence-corrected chi connectivity index (χ4v) is 1.03. The van der Waals surface area contributed by atoms with Crippen LogP contribution in [-0.4, -0.2) is 36.0 Å². The van der Waals surface area contributed by atoms with Crippen LogP contribution < -0.4 is 5.32 Å². The highest BCUT2D eigenvalue weighted by molar-refractivity contribution is 5.86. The Labute approximate surface area is 80.6 Å². The second kappa shape index (κ2) is 4.54. The molecule has 1 atom stereocenters. The Bertz CT molecular complexity index is 247. The lowest BCUT2D eigenvalue weighted by molar-refractivity contribution is -0.487. The molecule has 0 saturated carbocycles. The summed E-state index contributed by atoms with van der Waals surface area (Å²) in [7, 11) is 1.10. The number of carbonyl (C=O) groups is 2. The van der Waals surface area contributed by atoms with Gasteiger partial charge in [0.2, 0.25) is 12.5 Å². The first-order valence-electron chi connectivity index (χ1n) is 3.81. The normalized spacial score (nSPS) is 13.9. The highest BCUT2D eigenvalue weighted by Crippen LogP contribution is 2.06. The van der Waals surface area contributed by atoms with Crippen LogP contribution in [0.4, 0.5) is 0 Å². The molecule has 7 nitrogen and oxygen atoms in total. The molecule has 0 saturated heterocycles. The number of nitrogens with zero attached hydrogens (tertiary/aromatic N) is 1. The number of nitrogens with one attached hydrogen (secondary N) is 1. The molecule has 0 aliphatic rings. The van der Waals surface area contributed by atoms with E-state index in [9.17, 15) is 19.7 Å². The maximum atomic E-state index is 11.2. The minimum Gasteiger partial charge on any atom is -0.467 e. The van der Waals surface area contributed by atoms with E-state index in [1.165, 1.54) is 13.8 Å². The Balaban J connectivity index is 4.74. The molecule has 0 aliphatic heterocycles. The minimum absolute atomic E-state index is 0.528. The molecule has 0 bridgehead atoms. The van der Waals surface area contributed by atoms with Crippen LogP contribution in [0.25, 0.3) is 0 Å². The van der Waals surface area contributed by atoms with Gasteiger partial charge in [0, 0.05) is 11.8 Å². The zero-order valence-electron chi connectivity index (χ0n) is 8.20. The molecule has 7 heteroatoms. The van der Waals surface area contributed by atoms with E-state index in [4.69, 9.17) is 0 Å². The van der Waals surface area contributed by atoms with Crippen LogP contribution in [-0.2, 0) is 14.3 Å². The van der Waals surface area contributed by atoms with Gasteiger partial charge in [-0.1, -0.05) is 0 Å². The summed E-state index contributed by atoms with van der Waals surface area (Å²) >= 11 is 0. The number of esters is 1. The number of ether oxygens (including phenoxy) is 1. The number of rotatable bonds is 4. The van der Waals surface area contributed by atoms with E-state index in [1.807, 2.05) is 0 Å². The van der Waals surface area contributed by atoms with Gasteiger partial charge in [0.15, 0.2) is 5.54 Å². The van der Waals surface area contributed by atoms with Gasteiger partial charge in [-0.3, -0.25) is 14.9 Å². The SMILES string of the molecule is COC(=O)C(C)(C[N+](=O)[O-])NC(C)=O. The summed E-state index contributed by atoms with van der Waals surface area (Å²) in [4.78, 5) is 31.5. The molecule has 0 fully saturated rings. The highest BCUT2D eigenvalue weighted by atomic mass is 16.6. The van der Waals surface area contributed by atoms with Crippen molar-refractivity contribution < 1.29 is 19.2 Å². The Morgan fingerprint density at radius 2 is 2.07 bits per heavy atom. The van der Waals surface area contributed by atoms with Crippen molar-refractivity contribution in [3.63, 3.8) is 0 Å². The predicted molar refractivity (Wildman–Crippen MR) is 46.1 cm³/mol. The van der Waals surface area contributed by atoms with Gasteiger partial charge in [-0.15, -0.1) is 0 Å². The van der Waals surface area contributed by atoms with Crippen molar-refractivity contribution >= 4 is 11.9 Å². The zero-order valence-corrected chi connectivity index (χ0v) is 8.20. The smallest absolute Gasteiger partial charge is 0.338 e. The standard InChI is InChI=1S/C7H12N2O5/c1-5(10)8-7(2,4-9(12)13)6(11)14-3/h4H2,1-3H3,(H,8,10). The number of hydrogen-bond donors (Lipinski definition) is 1. The molecule has 0 aromatic rings. The van der Waals surface area contributed by atoms with Gasteiger partial charge in [-0.25, -0.2) is 4.79 Å². The first-order chi connectivity index (χ1) is 6.31. The van der Waals surface area contributed by atoms with Gasteiger partial charge in [-0.2, -0.15) is 0 Å². The number of methoxy groups -OCH3 is 1. The fraction of sp³-hybridized carbons (Fsp3) is 0.714. The molecule has 1 N–H and O–H groups in total. The molecule has 14 heavy (non-hydrogen) atoms. The third-order valence-electron chi connectivity index (χ3n) is 1.53. The number of hydrogen-bond acceptors (Lipinski definition) is 5. The maximum absolute atomic E-state index is 11.2. The number of carbonyl (C=O) groups excluding carboxylic acids is 2. The molecule has 0 rings (SSSR count). The number of nitro groups is 1. The third-order valence-corrected chi connectivity index (χ3v) is 1.53. The van der Waals surface area contributed by atoms with E-state index in [0.29, 0.717) is 0 Å². The maximum Gasteiger partial charge on any atom is 0.338 e. The van der Waals surface area contributed by atoms with E-state index in [0.717, 1.165) is 7.11 Å². The van der Waals surface area contributed by atoms with E-state index < -0.39 is 28.9 Å². The van der Waals surface area contributed by atoms with Crippen LogP contribution in [0.1, 0.15) is 13.8 Å². The molecule has 0 heterocycles. The molecule has 0 aromatic carbocycles. The van der Waals surface area contributed by atoms with Crippen LogP contribution in [0.3, 0.4) is 0 Å². The average molecular weight is 204 g/mol. The van der Waals surface area contributed by atoms with Gasteiger partial charge < -0.3 is 10.1 Å². The highest BCUT2D eigenvalue weighted by Gasteiger charge is 2.40. The van der Waals surface area contributed by atoms with E-state index in [1.54, 1.807) is 0 Å². The molecule has 80 valence electrons. The van der Waals surface area contributed by atoms with Crippen molar-refractivity contribution in [2.75, 3.05) is 13.7 Å². The first-order valence-corrected chi connectivity index (χ1v) is 3.81. The summed E-state index contributed by atoms with van der Waals surface area (Å²) in [6.45, 7) is 1.70. The summed E-state index contributed by atoms with van der Waals surface area (Å²) < 4.78 is 4.36. The molecule has 0 spiro atoms. The van der Waals surface area contributed by atoms with Crippen LogP contribution >= 0.6 is 0 Å². The summed E-state index contributed by atoms with van der Waals surface area (Å²) in [5, 5.41) is 12.4. The lowest BCUT2D eigenvalue weighted by atomic mass is 10.0. The fourth-order valence-electron chi connectivity index (χ4n) is 1.03. The average Bonchev–Trinajstić information content (AvgIpc) is 1.99. The zero-order chi connectivity index (χ0) is 11.4. The third kappa shape index (κ3) is 3.38. The second-order valence-corrected chi connectivity index (χ2v) is 3.00. The quantitative estimate of drug-likeness (QED) is 0.372. The first kappa shape index (κ1) is 12.3. The summed E-state index contributed by atoms with van der Waals surface area (Å²) in [6.07, 6.45) is 0. The van der Waals surface area contributed by atoms with Crippen molar-refractivity contribution in [1.29, 1.82) is 0 Å². The predicted octanol–water partition coefficient (Wildman–Crippen LogP) is -0.669. The van der Waals surface area contributed by atoms with E-state index in [2.05, 4.69) is 10.1 Å². The minimum atomic E-state index is -1.61. The topological polar surface area (TPSA) is 98.5 Å². The van der Waals surface area contributed by atoms with Gasteiger partial charge in [0.25, 0.3) is 0 Å². The van der Waals surface area contributed by atoms with Crippen molar-refractivity contribution in [2.24, 2.45) is 0 Å². The van der Waals surface area contributed by atoms with Gasteiger partial charge in [-0.05, 0) is 6.92 Å². The van der Waals surface area contributed by atoms with Gasteiger partial charge >= 0.3 is 5.97 Å². The number of amides is 1. The van der Waals surface area contributed by atoms with E-state index in [-0.39, 0.29) is 0 Å². The molecule has 1 unspecified atom stereocenters. The van der Waals surface area contributed by atoms with Crippen molar-refractivity contribution in [1.82, 2.24) is 5.32 Å². The van der Waals surface area contributed by atoms with Crippen molar-refractivity contribution in [3.8, 4) is 0 Å². The van der Waals surface area contributed by atoms with Crippen LogP contribution in [0.5, 0.6) is 0 Å². The Hall–Kier alpha value is -1.66. The lowest BCUT2D eigenvalue weighted by Crippen LogP contribution is -2.56. The van der Waals surface area contributed by atoms with Gasteiger partial charge in [0.1, 0.15) is 0 Å². The van der Waals surface area contributed by atoms with Crippen LogP contribution in [0, 0.1) is 10.1 Å². The van der Waals surface area contributed by atoms with Crippen molar-refractivity contribution in [3.05, 3.63) is 10.1 Å². The Kier molecular flexibility index (Phi) is 4.00. The molecular formula is C7H12N2O5. The Morgan fingerprint density at radius 1 is 1.57 bits per heavy atom. The largest absolute Gasteiger partial charge is 0.467 e. The van der Waals surface area contributed by atoms with E-state index >= 15 is 0 Å². The summed E-state index contributed by atoms with van der Waals surface area (Å²) in [6, 6.07) is 0. The van der Waals surface area contributed by atoms with Crippen LogP contribution in [0.15, 0.2) is 0 Å². The van der Waals surface area contributed by atoms with Crippen LogP contribution in [0.2, 0.25) is 0 Å². The van der Waals surface area contributed by atoms with Crippen molar-refractivity contribution in [2.45, 2.75) is 19.4 Å². The summed E-state index contributed by atoms with van der Waals surface area (Å²) in [5.74, 6) is -1.37.